The zero-order valence-electron chi connectivity index (χ0n) is 15.3. The summed E-state index contributed by atoms with van der Waals surface area (Å²) in [4.78, 5) is 20.9. The van der Waals surface area contributed by atoms with Crippen LogP contribution in [0.15, 0.2) is 81.0 Å². The van der Waals surface area contributed by atoms with Crippen LogP contribution in [-0.4, -0.2) is 23.1 Å². The van der Waals surface area contributed by atoms with Crippen LogP contribution in [0.2, 0.25) is 5.02 Å². The Bertz CT molecular complexity index is 1240. The highest BCUT2D eigenvalue weighted by molar-refractivity contribution is 7.99. The number of carbonyl (C=O) groups excluding carboxylic acids is 1. The lowest BCUT2D eigenvalue weighted by Gasteiger charge is -2.17. The maximum Gasteiger partial charge on any atom is 0.259 e. The first kappa shape index (κ1) is 18.0. The maximum absolute atomic E-state index is 12.8. The molecule has 0 radical (unpaired) electrons. The molecule has 4 aromatic rings. The first-order valence-electron chi connectivity index (χ1n) is 8.89. The molecule has 1 amide bonds. The molecule has 0 fully saturated rings. The van der Waals surface area contributed by atoms with Gasteiger partial charge in [0.1, 0.15) is 0 Å². The molecule has 0 aliphatic carbocycles. The number of halogens is 1. The van der Waals surface area contributed by atoms with Gasteiger partial charge in [0.2, 0.25) is 5.82 Å². The van der Waals surface area contributed by atoms with Gasteiger partial charge in [-0.3, -0.25) is 4.79 Å². The summed E-state index contributed by atoms with van der Waals surface area (Å²) in [6.07, 6.45) is 0. The molecule has 0 bridgehead atoms. The minimum atomic E-state index is -0.0239. The number of aromatic nitrogens is 2. The predicted molar refractivity (Wildman–Crippen MR) is 113 cm³/mol. The maximum atomic E-state index is 12.8. The van der Waals surface area contributed by atoms with Crippen LogP contribution in [0, 0.1) is 0 Å². The van der Waals surface area contributed by atoms with Gasteiger partial charge >= 0.3 is 0 Å². The van der Waals surface area contributed by atoms with Crippen molar-refractivity contribution in [1.29, 1.82) is 0 Å². The van der Waals surface area contributed by atoms with E-state index in [0.717, 1.165) is 26.6 Å². The zero-order valence-corrected chi connectivity index (χ0v) is 16.9. The van der Waals surface area contributed by atoms with Crippen molar-refractivity contribution in [2.75, 3.05) is 11.9 Å². The van der Waals surface area contributed by atoms with Crippen molar-refractivity contribution in [3.8, 4) is 22.8 Å². The Morgan fingerprint density at radius 3 is 2.55 bits per heavy atom. The molecule has 0 spiro atoms. The van der Waals surface area contributed by atoms with Crippen molar-refractivity contribution in [2.45, 2.75) is 9.79 Å². The van der Waals surface area contributed by atoms with Gasteiger partial charge in [-0.05, 0) is 54.6 Å². The van der Waals surface area contributed by atoms with E-state index < -0.39 is 0 Å². The first-order chi connectivity index (χ1) is 14.1. The second-order valence-electron chi connectivity index (χ2n) is 6.57. The van der Waals surface area contributed by atoms with E-state index in [4.69, 9.17) is 16.1 Å². The van der Waals surface area contributed by atoms with Crippen LogP contribution < -0.4 is 4.90 Å². The normalized spacial score (nSPS) is 13.0. The van der Waals surface area contributed by atoms with Crippen molar-refractivity contribution in [3.63, 3.8) is 0 Å². The molecule has 5 rings (SSSR count). The third-order valence-electron chi connectivity index (χ3n) is 4.74. The van der Waals surface area contributed by atoms with E-state index in [9.17, 15) is 4.79 Å². The number of amides is 1. The van der Waals surface area contributed by atoms with Gasteiger partial charge in [-0.1, -0.05) is 40.7 Å². The van der Waals surface area contributed by atoms with Crippen molar-refractivity contribution in [2.24, 2.45) is 0 Å². The van der Waals surface area contributed by atoms with E-state index in [-0.39, 0.29) is 5.91 Å². The molecule has 5 nitrogen and oxygen atoms in total. The molecule has 7 heteroatoms. The number of fused-ring (bicyclic) bond motifs is 2. The number of hydrogen-bond acceptors (Lipinski definition) is 5. The van der Waals surface area contributed by atoms with Crippen LogP contribution in [0.1, 0.15) is 10.4 Å². The summed E-state index contributed by atoms with van der Waals surface area (Å²) in [5, 5.41) is 4.78. The van der Waals surface area contributed by atoms with E-state index in [1.54, 1.807) is 35.8 Å². The van der Waals surface area contributed by atoms with Gasteiger partial charge in [0, 0.05) is 33.0 Å². The van der Waals surface area contributed by atoms with E-state index in [1.807, 2.05) is 54.6 Å². The highest BCUT2D eigenvalue weighted by Crippen LogP contribution is 2.42. The van der Waals surface area contributed by atoms with Crippen LogP contribution in [0.4, 0.5) is 5.69 Å². The molecule has 1 aliphatic rings. The van der Waals surface area contributed by atoms with Crippen molar-refractivity contribution in [1.82, 2.24) is 10.1 Å². The fourth-order valence-electron chi connectivity index (χ4n) is 3.20. The quantitative estimate of drug-likeness (QED) is 0.411. The summed E-state index contributed by atoms with van der Waals surface area (Å²) in [5.41, 5.74) is 3.17. The van der Waals surface area contributed by atoms with Crippen LogP contribution in [-0.2, 0) is 0 Å². The molecule has 142 valence electrons. The Labute approximate surface area is 176 Å². The van der Waals surface area contributed by atoms with Crippen molar-refractivity contribution >= 4 is 35.0 Å². The van der Waals surface area contributed by atoms with Crippen molar-refractivity contribution in [3.05, 3.63) is 77.3 Å². The van der Waals surface area contributed by atoms with Gasteiger partial charge in [-0.2, -0.15) is 4.98 Å². The topological polar surface area (TPSA) is 59.2 Å². The van der Waals surface area contributed by atoms with Crippen molar-refractivity contribution < 1.29 is 9.32 Å². The second-order valence-corrected chi connectivity index (χ2v) is 8.10. The van der Waals surface area contributed by atoms with Crippen LogP contribution in [0.3, 0.4) is 0 Å². The lowest BCUT2D eigenvalue weighted by molar-refractivity contribution is 0.0990. The summed E-state index contributed by atoms with van der Waals surface area (Å²) in [5.74, 6) is 0.894. The number of benzene rings is 3. The fourth-order valence-corrected chi connectivity index (χ4v) is 4.47. The zero-order chi connectivity index (χ0) is 20.0. The molecule has 1 aromatic heterocycles. The van der Waals surface area contributed by atoms with E-state index >= 15 is 0 Å². The Balaban J connectivity index is 1.54. The van der Waals surface area contributed by atoms with Crippen LogP contribution >= 0.6 is 23.4 Å². The standard InChI is InChI=1S/C22H14ClN3O2S/c1-26-17-11-8-14(12-19(17)29-18-5-3-2-4-16(18)22(26)27)20-24-21(28-25-20)13-6-9-15(23)10-7-13/h2-12H,1H3. The minimum Gasteiger partial charge on any atom is -0.334 e. The summed E-state index contributed by atoms with van der Waals surface area (Å²) < 4.78 is 5.43. The number of carbonyl (C=O) groups is 1. The van der Waals surface area contributed by atoms with E-state index in [2.05, 4.69) is 10.1 Å². The largest absolute Gasteiger partial charge is 0.334 e. The van der Waals surface area contributed by atoms with Gasteiger partial charge in [-0.25, -0.2) is 0 Å². The number of anilines is 1. The summed E-state index contributed by atoms with van der Waals surface area (Å²) >= 11 is 7.50. The third-order valence-corrected chi connectivity index (χ3v) is 6.11. The SMILES string of the molecule is CN1C(=O)c2ccccc2Sc2cc(-c3noc(-c4ccc(Cl)cc4)n3)ccc21. The molecule has 3 aromatic carbocycles. The van der Waals surface area contributed by atoms with Crippen LogP contribution in [0.25, 0.3) is 22.8 Å². The molecule has 0 saturated heterocycles. The monoisotopic (exact) mass is 419 g/mol. The Morgan fingerprint density at radius 2 is 1.72 bits per heavy atom. The Morgan fingerprint density at radius 1 is 0.966 bits per heavy atom. The molecule has 0 unspecified atom stereocenters. The number of nitrogens with zero attached hydrogens (tertiary/aromatic N) is 3. The van der Waals surface area contributed by atoms with E-state index in [0.29, 0.717) is 22.3 Å². The average Bonchev–Trinajstić information content (AvgIpc) is 3.20. The lowest BCUT2D eigenvalue weighted by Crippen LogP contribution is -2.25. The third kappa shape index (κ3) is 3.20. The van der Waals surface area contributed by atoms with E-state index in [1.165, 1.54) is 0 Å². The van der Waals surface area contributed by atoms with Gasteiger partial charge in [0.05, 0.1) is 11.3 Å². The van der Waals surface area contributed by atoms with Gasteiger partial charge < -0.3 is 9.42 Å². The summed E-state index contributed by atoms with van der Waals surface area (Å²) in [6.45, 7) is 0. The lowest BCUT2D eigenvalue weighted by atomic mass is 10.1. The Kier molecular flexibility index (Phi) is 4.38. The summed E-state index contributed by atoms with van der Waals surface area (Å²) in [6, 6.07) is 20.7. The smallest absolute Gasteiger partial charge is 0.259 e. The minimum absolute atomic E-state index is 0.0239. The molecular formula is C22H14ClN3O2S. The number of hydrogen-bond donors (Lipinski definition) is 0. The predicted octanol–water partition coefficient (Wildman–Crippen LogP) is 5.80. The molecule has 1 aliphatic heterocycles. The molecule has 0 saturated carbocycles. The van der Waals surface area contributed by atoms with Gasteiger partial charge in [0.25, 0.3) is 11.8 Å². The van der Waals surface area contributed by atoms with Gasteiger partial charge in [-0.15, -0.1) is 0 Å². The second kappa shape index (κ2) is 7.06. The molecule has 29 heavy (non-hydrogen) atoms. The van der Waals surface area contributed by atoms with Crippen LogP contribution in [0.5, 0.6) is 0 Å². The fraction of sp³-hybridized carbons (Fsp3) is 0.0455. The highest BCUT2D eigenvalue weighted by atomic mass is 35.5. The molecule has 0 atom stereocenters. The molecule has 2 heterocycles. The highest BCUT2D eigenvalue weighted by Gasteiger charge is 2.25. The van der Waals surface area contributed by atoms with Gasteiger partial charge in [0.15, 0.2) is 0 Å². The average molecular weight is 420 g/mol. The Hall–Kier alpha value is -3.09. The number of rotatable bonds is 2. The molecular weight excluding hydrogens is 406 g/mol. The molecule has 0 N–H and O–H groups in total. The first-order valence-corrected chi connectivity index (χ1v) is 10.1. The summed E-state index contributed by atoms with van der Waals surface area (Å²) in [7, 11) is 1.79.